The van der Waals surface area contributed by atoms with Crippen LogP contribution in [0.15, 0.2) is 0 Å². The molecule has 0 aromatic rings. The molecular formula is C10H15NO5. The zero-order valence-electron chi connectivity index (χ0n) is 9.53. The summed E-state index contributed by atoms with van der Waals surface area (Å²) < 4.78 is 4.60. The van der Waals surface area contributed by atoms with Gasteiger partial charge < -0.3 is 10.1 Å². The summed E-state index contributed by atoms with van der Waals surface area (Å²) in [5.74, 6) is -3.97. The Morgan fingerprint density at radius 1 is 1.19 bits per heavy atom. The first-order valence-electron chi connectivity index (χ1n) is 4.84. The summed E-state index contributed by atoms with van der Waals surface area (Å²) in [4.78, 5) is 44.4. The molecule has 0 aliphatic heterocycles. The van der Waals surface area contributed by atoms with Crippen LogP contribution in [0, 0.1) is 5.92 Å². The van der Waals surface area contributed by atoms with Gasteiger partial charge in [0.05, 0.1) is 13.2 Å². The highest BCUT2D eigenvalue weighted by molar-refractivity contribution is 6.17. The monoisotopic (exact) mass is 229 g/mol. The molecule has 6 heteroatoms. The predicted octanol–water partition coefficient (Wildman–Crippen LogP) is -0.540. The van der Waals surface area contributed by atoms with E-state index < -0.39 is 29.4 Å². The molecule has 1 atom stereocenters. The first kappa shape index (κ1) is 14.3. The van der Waals surface area contributed by atoms with Crippen molar-refractivity contribution < 1.29 is 23.9 Å². The van der Waals surface area contributed by atoms with E-state index in [1.165, 1.54) is 6.92 Å². The highest BCUT2D eigenvalue weighted by Crippen LogP contribution is 2.03. The third-order valence-electron chi connectivity index (χ3n) is 1.76. The van der Waals surface area contributed by atoms with Crippen LogP contribution < -0.4 is 5.32 Å². The van der Waals surface area contributed by atoms with E-state index in [9.17, 15) is 19.2 Å². The van der Waals surface area contributed by atoms with Crippen LogP contribution in [0.5, 0.6) is 0 Å². The first-order chi connectivity index (χ1) is 7.40. The molecule has 0 spiro atoms. The molecule has 0 aliphatic rings. The van der Waals surface area contributed by atoms with Crippen LogP contribution in [0.1, 0.15) is 20.8 Å². The maximum absolute atomic E-state index is 11.5. The highest BCUT2D eigenvalue weighted by atomic mass is 16.5. The SMILES string of the molecule is CCOC(=O)C(C(C)=O)C(=O)CNC(C)=O. The number of carbonyl (C=O) groups is 4. The highest BCUT2D eigenvalue weighted by Gasteiger charge is 2.31. The average Bonchev–Trinajstić information content (AvgIpc) is 2.14. The maximum atomic E-state index is 11.5. The van der Waals surface area contributed by atoms with Crippen molar-refractivity contribution in [2.24, 2.45) is 5.92 Å². The second kappa shape index (κ2) is 6.71. The van der Waals surface area contributed by atoms with Gasteiger partial charge in [-0.1, -0.05) is 0 Å². The van der Waals surface area contributed by atoms with Crippen molar-refractivity contribution in [3.05, 3.63) is 0 Å². The molecule has 16 heavy (non-hydrogen) atoms. The molecule has 6 nitrogen and oxygen atoms in total. The number of nitrogens with one attached hydrogen (secondary N) is 1. The number of hydrogen-bond donors (Lipinski definition) is 1. The fraction of sp³-hybridized carbons (Fsp3) is 0.600. The Morgan fingerprint density at radius 2 is 1.75 bits per heavy atom. The molecule has 0 aromatic heterocycles. The lowest BCUT2D eigenvalue weighted by atomic mass is 10.00. The minimum Gasteiger partial charge on any atom is -0.465 e. The van der Waals surface area contributed by atoms with E-state index in [-0.39, 0.29) is 13.2 Å². The van der Waals surface area contributed by atoms with Gasteiger partial charge in [0.25, 0.3) is 0 Å². The summed E-state index contributed by atoms with van der Waals surface area (Å²) in [6.45, 7) is 3.69. The van der Waals surface area contributed by atoms with Crippen molar-refractivity contribution in [1.29, 1.82) is 0 Å². The van der Waals surface area contributed by atoms with Crippen LogP contribution in [0.2, 0.25) is 0 Å². The number of hydrogen-bond acceptors (Lipinski definition) is 5. The zero-order valence-corrected chi connectivity index (χ0v) is 9.53. The van der Waals surface area contributed by atoms with E-state index in [0.717, 1.165) is 6.92 Å². The summed E-state index contributed by atoms with van der Waals surface area (Å²) in [6, 6.07) is 0. The Labute approximate surface area is 93.3 Å². The van der Waals surface area contributed by atoms with Gasteiger partial charge in [0.15, 0.2) is 17.5 Å². The van der Waals surface area contributed by atoms with Crippen LogP contribution in [-0.4, -0.2) is 36.6 Å². The lowest BCUT2D eigenvalue weighted by Gasteiger charge is -2.11. The molecule has 1 N–H and O–H groups in total. The maximum Gasteiger partial charge on any atom is 0.324 e. The predicted molar refractivity (Wildman–Crippen MR) is 54.5 cm³/mol. The third-order valence-corrected chi connectivity index (χ3v) is 1.76. The van der Waals surface area contributed by atoms with Crippen molar-refractivity contribution in [2.75, 3.05) is 13.2 Å². The topological polar surface area (TPSA) is 89.5 Å². The van der Waals surface area contributed by atoms with Gasteiger partial charge in [-0.05, 0) is 13.8 Å². The third kappa shape index (κ3) is 4.68. The largest absolute Gasteiger partial charge is 0.465 e. The van der Waals surface area contributed by atoms with Gasteiger partial charge in [0.2, 0.25) is 5.91 Å². The smallest absolute Gasteiger partial charge is 0.324 e. The number of Topliss-reactive ketones (excluding diaryl/α,β-unsaturated/α-hetero) is 2. The Balaban J connectivity index is 4.53. The molecule has 0 fully saturated rings. The average molecular weight is 229 g/mol. The van der Waals surface area contributed by atoms with Crippen LogP contribution in [0.4, 0.5) is 0 Å². The van der Waals surface area contributed by atoms with E-state index in [4.69, 9.17) is 0 Å². The summed E-state index contributed by atoms with van der Waals surface area (Å²) in [7, 11) is 0. The fourth-order valence-corrected chi connectivity index (χ4v) is 1.06. The first-order valence-corrected chi connectivity index (χ1v) is 4.84. The molecular weight excluding hydrogens is 214 g/mol. The number of esters is 1. The lowest BCUT2D eigenvalue weighted by Crippen LogP contribution is -2.39. The minimum absolute atomic E-state index is 0.0933. The van der Waals surface area contributed by atoms with E-state index in [1.807, 2.05) is 0 Å². The van der Waals surface area contributed by atoms with Gasteiger partial charge in [0, 0.05) is 6.92 Å². The van der Waals surface area contributed by atoms with Crippen LogP contribution in [0.25, 0.3) is 0 Å². The number of ether oxygens (including phenoxy) is 1. The van der Waals surface area contributed by atoms with Crippen molar-refractivity contribution in [2.45, 2.75) is 20.8 Å². The second-order valence-corrected chi connectivity index (χ2v) is 3.17. The molecule has 0 aromatic carbocycles. The van der Waals surface area contributed by atoms with Gasteiger partial charge >= 0.3 is 5.97 Å². The molecule has 0 bridgehead atoms. The normalized spacial score (nSPS) is 11.4. The molecule has 0 saturated carbocycles. The van der Waals surface area contributed by atoms with Crippen molar-refractivity contribution >= 4 is 23.4 Å². The summed E-state index contributed by atoms with van der Waals surface area (Å²) in [5.41, 5.74) is 0. The molecule has 90 valence electrons. The van der Waals surface area contributed by atoms with Crippen molar-refractivity contribution in [3.63, 3.8) is 0 Å². The molecule has 1 unspecified atom stereocenters. The van der Waals surface area contributed by atoms with Crippen molar-refractivity contribution in [1.82, 2.24) is 5.32 Å². The van der Waals surface area contributed by atoms with E-state index >= 15 is 0 Å². The molecule has 1 amide bonds. The standard InChI is InChI=1S/C10H15NO5/c1-4-16-10(15)9(6(2)12)8(14)5-11-7(3)13/h9H,4-5H2,1-3H3,(H,11,13). The quantitative estimate of drug-likeness (QED) is 0.488. The Bertz CT molecular complexity index is 310. The second-order valence-electron chi connectivity index (χ2n) is 3.17. The van der Waals surface area contributed by atoms with Gasteiger partial charge in [-0.15, -0.1) is 0 Å². The summed E-state index contributed by atoms with van der Waals surface area (Å²) >= 11 is 0. The number of carbonyl (C=O) groups excluding carboxylic acids is 4. The van der Waals surface area contributed by atoms with Crippen LogP contribution in [-0.2, 0) is 23.9 Å². The van der Waals surface area contributed by atoms with Gasteiger partial charge in [-0.25, -0.2) is 0 Å². The number of rotatable bonds is 6. The molecule has 0 aliphatic carbocycles. The lowest BCUT2D eigenvalue weighted by molar-refractivity contribution is -0.154. The Kier molecular flexibility index (Phi) is 5.99. The van der Waals surface area contributed by atoms with Gasteiger partial charge in [-0.3, -0.25) is 19.2 Å². The number of amides is 1. The Morgan fingerprint density at radius 3 is 2.12 bits per heavy atom. The number of ketones is 2. The summed E-state index contributed by atoms with van der Waals surface area (Å²) in [5, 5.41) is 2.23. The molecule has 0 rings (SSSR count). The molecule has 0 radical (unpaired) electrons. The van der Waals surface area contributed by atoms with Crippen LogP contribution in [0.3, 0.4) is 0 Å². The van der Waals surface area contributed by atoms with Crippen molar-refractivity contribution in [3.8, 4) is 0 Å². The van der Waals surface area contributed by atoms with Crippen LogP contribution >= 0.6 is 0 Å². The van der Waals surface area contributed by atoms with E-state index in [1.54, 1.807) is 6.92 Å². The van der Waals surface area contributed by atoms with E-state index in [0.29, 0.717) is 0 Å². The molecule has 0 saturated heterocycles. The Hall–Kier alpha value is -1.72. The molecule has 0 heterocycles. The minimum atomic E-state index is -1.44. The summed E-state index contributed by atoms with van der Waals surface area (Å²) in [6.07, 6.45) is 0. The van der Waals surface area contributed by atoms with E-state index in [2.05, 4.69) is 10.1 Å². The fourth-order valence-electron chi connectivity index (χ4n) is 1.06. The zero-order chi connectivity index (χ0) is 12.7. The van der Waals surface area contributed by atoms with Gasteiger partial charge in [0.1, 0.15) is 0 Å². The van der Waals surface area contributed by atoms with Gasteiger partial charge in [-0.2, -0.15) is 0 Å².